The summed E-state index contributed by atoms with van der Waals surface area (Å²) in [4.78, 5) is 31.2. The Morgan fingerprint density at radius 1 is 1.10 bits per heavy atom. The largest absolute Gasteiger partial charge is 0.497 e. The molecule has 220 valence electrons. The van der Waals surface area contributed by atoms with Crippen molar-refractivity contribution in [2.45, 2.75) is 45.2 Å². The second kappa shape index (κ2) is 13.5. The first-order valence-electron chi connectivity index (χ1n) is 14.4. The number of hydrogen-bond donors (Lipinski definition) is 2. The van der Waals surface area contributed by atoms with Crippen LogP contribution in [0.4, 0.5) is 11.4 Å². The van der Waals surface area contributed by atoms with Gasteiger partial charge in [0.25, 0.3) is 0 Å². The third-order valence-electron chi connectivity index (χ3n) is 7.60. The zero-order chi connectivity index (χ0) is 29.5. The van der Waals surface area contributed by atoms with Gasteiger partial charge in [-0.2, -0.15) is 0 Å². The molecule has 2 atom stereocenters. The number of esters is 1. The number of benzene rings is 2. The molecule has 9 heteroatoms. The summed E-state index contributed by atoms with van der Waals surface area (Å²) in [5, 5.41) is 7.26. The number of carbonyl (C=O) groups excluding carboxylic acids is 2. The molecule has 1 aliphatic rings. The lowest BCUT2D eigenvalue weighted by molar-refractivity contribution is -0.119. The van der Waals surface area contributed by atoms with Crippen LogP contribution < -0.4 is 15.4 Å². The van der Waals surface area contributed by atoms with E-state index in [9.17, 15) is 9.59 Å². The fourth-order valence-corrected chi connectivity index (χ4v) is 5.50. The maximum atomic E-state index is 13.2. The van der Waals surface area contributed by atoms with Crippen molar-refractivity contribution in [1.29, 1.82) is 0 Å². The molecule has 9 nitrogen and oxygen atoms in total. The molecule has 2 N–H and O–H groups in total. The topological polar surface area (TPSA) is 104 Å². The van der Waals surface area contributed by atoms with Crippen LogP contribution in [0.15, 0.2) is 66.9 Å². The molecule has 1 fully saturated rings. The van der Waals surface area contributed by atoms with Gasteiger partial charge in [0, 0.05) is 24.6 Å². The molecule has 4 aromatic rings. The Bertz CT molecular complexity index is 1530. The van der Waals surface area contributed by atoms with Crippen LogP contribution in [-0.4, -0.2) is 54.9 Å². The highest BCUT2D eigenvalue weighted by atomic mass is 16.5. The lowest BCUT2D eigenvalue weighted by atomic mass is 10.1. The molecule has 5 rings (SSSR count). The number of amides is 1. The van der Waals surface area contributed by atoms with Crippen molar-refractivity contribution in [3.63, 3.8) is 0 Å². The number of ether oxygens (including phenoxy) is 3. The van der Waals surface area contributed by atoms with E-state index < -0.39 is 5.97 Å². The quantitative estimate of drug-likeness (QED) is 0.217. The number of nitrogens with one attached hydrogen (secondary N) is 2. The van der Waals surface area contributed by atoms with Gasteiger partial charge >= 0.3 is 5.97 Å². The van der Waals surface area contributed by atoms with Gasteiger partial charge in [-0.3, -0.25) is 4.79 Å². The van der Waals surface area contributed by atoms with Gasteiger partial charge in [0.2, 0.25) is 5.91 Å². The van der Waals surface area contributed by atoms with E-state index in [0.29, 0.717) is 48.6 Å². The summed E-state index contributed by atoms with van der Waals surface area (Å²) in [5.41, 5.74) is 4.48. The maximum absolute atomic E-state index is 13.2. The lowest BCUT2D eigenvalue weighted by Gasteiger charge is -2.16. The van der Waals surface area contributed by atoms with E-state index in [0.717, 1.165) is 36.3 Å². The number of hydrogen-bond acceptors (Lipinski definition) is 7. The highest BCUT2D eigenvalue weighted by molar-refractivity contribution is 6.11. The Kier molecular flexibility index (Phi) is 9.38. The normalized spacial score (nSPS) is 15.4. The van der Waals surface area contributed by atoms with E-state index in [1.807, 2.05) is 47.0 Å². The third-order valence-corrected chi connectivity index (χ3v) is 7.60. The molecule has 0 saturated carbocycles. The molecule has 42 heavy (non-hydrogen) atoms. The number of pyridine rings is 1. The molecule has 1 saturated heterocycles. The van der Waals surface area contributed by atoms with E-state index in [1.54, 1.807) is 13.3 Å². The monoisotopic (exact) mass is 570 g/mol. The molecular formula is C33H38N4O5. The summed E-state index contributed by atoms with van der Waals surface area (Å²) in [5.74, 6) is -0.152. The molecule has 2 aromatic carbocycles. The van der Waals surface area contributed by atoms with Gasteiger partial charge in [-0.1, -0.05) is 42.5 Å². The Morgan fingerprint density at radius 3 is 2.64 bits per heavy atom. The van der Waals surface area contributed by atoms with Gasteiger partial charge in [-0.05, 0) is 61.9 Å². The van der Waals surface area contributed by atoms with Crippen LogP contribution in [-0.2, 0) is 33.7 Å². The first kappa shape index (κ1) is 29.1. The maximum Gasteiger partial charge on any atom is 0.356 e. The molecule has 3 heterocycles. The fourth-order valence-electron chi connectivity index (χ4n) is 5.50. The number of nitrogens with zero attached hydrogens (tertiary/aromatic N) is 2. The summed E-state index contributed by atoms with van der Waals surface area (Å²) in [6.45, 7) is 3.54. The third kappa shape index (κ3) is 6.74. The fraction of sp³-hybridized carbons (Fsp3) is 0.364. The highest BCUT2D eigenvalue weighted by Gasteiger charge is 2.30. The minimum atomic E-state index is -0.522. The smallest absolute Gasteiger partial charge is 0.356 e. The van der Waals surface area contributed by atoms with Crippen molar-refractivity contribution in [3.05, 3.63) is 83.7 Å². The molecule has 0 unspecified atom stereocenters. The van der Waals surface area contributed by atoms with Gasteiger partial charge in [0.05, 0.1) is 44.3 Å². The average molecular weight is 571 g/mol. The molecule has 2 aromatic heterocycles. The second-order valence-corrected chi connectivity index (χ2v) is 10.7. The summed E-state index contributed by atoms with van der Waals surface area (Å²) in [6, 6.07) is 20.3. The molecule has 0 bridgehead atoms. The molecule has 1 aliphatic heterocycles. The van der Waals surface area contributed by atoms with E-state index in [2.05, 4.69) is 35.8 Å². The van der Waals surface area contributed by atoms with Gasteiger partial charge in [0.15, 0.2) is 5.69 Å². The van der Waals surface area contributed by atoms with Crippen molar-refractivity contribution in [2.75, 3.05) is 38.1 Å². The molecule has 1 amide bonds. The van der Waals surface area contributed by atoms with Crippen LogP contribution in [0.5, 0.6) is 5.75 Å². The van der Waals surface area contributed by atoms with Crippen molar-refractivity contribution in [1.82, 2.24) is 9.55 Å². The molecule has 0 aliphatic carbocycles. The zero-order valence-corrected chi connectivity index (χ0v) is 24.4. The number of fused-ring (bicyclic) bond motifs is 1. The number of anilines is 2. The van der Waals surface area contributed by atoms with Gasteiger partial charge in [0.1, 0.15) is 11.4 Å². The first-order chi connectivity index (χ1) is 20.5. The molecule has 0 spiro atoms. The van der Waals surface area contributed by atoms with Crippen molar-refractivity contribution in [2.24, 2.45) is 5.92 Å². The minimum Gasteiger partial charge on any atom is -0.497 e. The summed E-state index contributed by atoms with van der Waals surface area (Å²) >= 11 is 0. The van der Waals surface area contributed by atoms with E-state index in [1.165, 1.54) is 12.7 Å². The predicted molar refractivity (Wildman–Crippen MR) is 163 cm³/mol. The van der Waals surface area contributed by atoms with Crippen molar-refractivity contribution < 1.29 is 23.8 Å². The van der Waals surface area contributed by atoms with Crippen LogP contribution in [0.25, 0.3) is 11.0 Å². The van der Waals surface area contributed by atoms with Crippen molar-refractivity contribution in [3.8, 4) is 5.75 Å². The van der Waals surface area contributed by atoms with E-state index >= 15 is 0 Å². The Balaban J connectivity index is 1.47. The number of aromatic nitrogens is 2. The SMILES string of the molecule is COC(=O)c1c(NC(=O)[C@@H]2CCOC2)c2cc(N[C@H](C)Cc3cccc(OC)c3)cnc2n1CCCc1ccccc1. The van der Waals surface area contributed by atoms with E-state index in [-0.39, 0.29) is 17.9 Å². The number of aryl methyl sites for hydroxylation is 2. The van der Waals surface area contributed by atoms with Crippen LogP contribution in [0, 0.1) is 5.92 Å². The van der Waals surface area contributed by atoms with Gasteiger partial charge in [-0.15, -0.1) is 0 Å². The Morgan fingerprint density at radius 2 is 1.90 bits per heavy atom. The van der Waals surface area contributed by atoms with Crippen LogP contribution in [0.2, 0.25) is 0 Å². The molecule has 0 radical (unpaired) electrons. The number of methoxy groups -OCH3 is 2. The number of carbonyl (C=O) groups is 2. The van der Waals surface area contributed by atoms with Crippen molar-refractivity contribution >= 4 is 34.3 Å². The van der Waals surface area contributed by atoms with Crippen LogP contribution in [0.1, 0.15) is 41.4 Å². The minimum absolute atomic E-state index is 0.0815. The van der Waals surface area contributed by atoms with Gasteiger partial charge < -0.3 is 29.4 Å². The Labute approximate surface area is 246 Å². The zero-order valence-electron chi connectivity index (χ0n) is 24.4. The van der Waals surface area contributed by atoms with E-state index in [4.69, 9.17) is 19.2 Å². The van der Waals surface area contributed by atoms with Gasteiger partial charge in [-0.25, -0.2) is 9.78 Å². The lowest BCUT2D eigenvalue weighted by Crippen LogP contribution is -2.24. The predicted octanol–water partition coefficient (Wildman–Crippen LogP) is 5.48. The first-order valence-corrected chi connectivity index (χ1v) is 14.4. The second-order valence-electron chi connectivity index (χ2n) is 10.7. The average Bonchev–Trinajstić information content (AvgIpc) is 3.65. The summed E-state index contributed by atoms with van der Waals surface area (Å²) < 4.78 is 17.9. The standard InChI is InChI=1S/C33H38N4O5/c1-22(17-24-11-7-13-27(18-24)40-2)35-26-19-28-29(36-32(38)25-14-16-42-21-25)30(33(39)41-3)37(31(28)34-20-26)15-8-12-23-9-5-4-6-10-23/h4-7,9-11,13,18-20,22,25,35H,8,12,14-17,21H2,1-3H3,(H,36,38)/t22-,25-/m1/s1. The Hall–Kier alpha value is -4.37. The highest BCUT2D eigenvalue weighted by Crippen LogP contribution is 2.34. The summed E-state index contributed by atoms with van der Waals surface area (Å²) in [6.07, 6.45) is 4.80. The van der Waals surface area contributed by atoms with Crippen LogP contribution >= 0.6 is 0 Å². The number of rotatable bonds is 12. The molecular weight excluding hydrogens is 532 g/mol. The summed E-state index contributed by atoms with van der Waals surface area (Å²) in [7, 11) is 3.01. The van der Waals surface area contributed by atoms with Crippen LogP contribution in [0.3, 0.4) is 0 Å².